The Balaban J connectivity index is 0.865. The highest BCUT2D eigenvalue weighted by Gasteiger charge is 2.30. The molecule has 0 radical (unpaired) electrons. The molecule has 7 rings (SSSR count). The standard InChI is InChI=1S/C40H47ClFN9O5S/c1-56-35-23-29(8-10-33(35)47-40-45-24-31(41)38(49-40)46-34-5-3-4-26-13-21-51(37(26)34)57(2,54)55)50-19-14-28(15-20-50)44-18-17-43-16-12-25-6-7-27(22-32(25)42)30-9-11-36(52)48-39(30)53/h3-8,10,22-24,28,30,43-44H,9,11-21H2,1-2H3,(H,48,52,53)(H2,45,46,47,49). The lowest BCUT2D eigenvalue weighted by Gasteiger charge is -2.34. The molecular formula is C40H47ClFN9O5S. The summed E-state index contributed by atoms with van der Waals surface area (Å²) >= 11 is 6.49. The van der Waals surface area contributed by atoms with Gasteiger partial charge in [-0.1, -0.05) is 35.9 Å². The molecule has 0 saturated carbocycles. The topological polar surface area (TPSA) is 170 Å². The molecule has 4 aromatic rings. The average Bonchev–Trinajstić information content (AvgIpc) is 3.65. The SMILES string of the molecule is COc1cc(N2CCC(NCCNCCc3ccc(C4CCC(=O)NC4=O)cc3F)CC2)ccc1Nc1ncc(Cl)c(Nc2cccc3c2N(S(C)(=O)=O)CC3)n1. The Hall–Kier alpha value is -5.03. The summed E-state index contributed by atoms with van der Waals surface area (Å²) in [7, 11) is -1.85. The number of benzene rings is 3. The quantitative estimate of drug-likeness (QED) is 0.0806. The zero-order valence-electron chi connectivity index (χ0n) is 31.9. The van der Waals surface area contributed by atoms with Gasteiger partial charge in [0.25, 0.3) is 0 Å². The maximum absolute atomic E-state index is 14.8. The molecule has 1 atom stereocenters. The van der Waals surface area contributed by atoms with Crippen molar-refractivity contribution < 1.29 is 27.1 Å². The van der Waals surface area contributed by atoms with Crippen LogP contribution in [0.15, 0.2) is 60.8 Å². The number of anilines is 6. The lowest BCUT2D eigenvalue weighted by Crippen LogP contribution is -2.44. The van der Waals surface area contributed by atoms with Gasteiger partial charge in [-0.25, -0.2) is 17.8 Å². The fourth-order valence-electron chi connectivity index (χ4n) is 7.65. The molecule has 17 heteroatoms. The summed E-state index contributed by atoms with van der Waals surface area (Å²) in [5.41, 5.74) is 5.02. The Morgan fingerprint density at radius 2 is 1.79 bits per heavy atom. The third-order valence-corrected chi connectivity index (χ3v) is 12.1. The molecule has 4 heterocycles. The monoisotopic (exact) mass is 819 g/mol. The molecule has 57 heavy (non-hydrogen) atoms. The molecule has 14 nitrogen and oxygen atoms in total. The van der Waals surface area contributed by atoms with Gasteiger partial charge in [-0.15, -0.1) is 0 Å². The van der Waals surface area contributed by atoms with E-state index < -0.39 is 15.9 Å². The Morgan fingerprint density at radius 1 is 0.965 bits per heavy atom. The van der Waals surface area contributed by atoms with Gasteiger partial charge < -0.3 is 30.9 Å². The summed E-state index contributed by atoms with van der Waals surface area (Å²) in [6.07, 6.45) is 6.46. The predicted molar refractivity (Wildman–Crippen MR) is 220 cm³/mol. The van der Waals surface area contributed by atoms with Crippen molar-refractivity contribution in [2.24, 2.45) is 0 Å². The first-order valence-corrected chi connectivity index (χ1v) is 21.3. The summed E-state index contributed by atoms with van der Waals surface area (Å²) in [6.45, 7) is 4.32. The molecule has 0 bridgehead atoms. The van der Waals surface area contributed by atoms with E-state index in [1.807, 2.05) is 30.3 Å². The van der Waals surface area contributed by atoms with Crippen LogP contribution in [0.1, 0.15) is 48.3 Å². The first-order chi connectivity index (χ1) is 27.5. The molecule has 0 aliphatic carbocycles. The normalized spacial score (nSPS) is 17.4. The minimum absolute atomic E-state index is 0.263. The summed E-state index contributed by atoms with van der Waals surface area (Å²) in [4.78, 5) is 34.9. The van der Waals surface area contributed by atoms with Gasteiger partial charge in [0.2, 0.25) is 27.8 Å². The number of imide groups is 1. The van der Waals surface area contributed by atoms with E-state index in [1.54, 1.807) is 25.3 Å². The van der Waals surface area contributed by atoms with Gasteiger partial charge in [-0.2, -0.15) is 4.98 Å². The maximum atomic E-state index is 14.8. The van der Waals surface area contributed by atoms with Gasteiger partial charge in [0.05, 0.1) is 42.5 Å². The highest BCUT2D eigenvalue weighted by atomic mass is 35.5. The molecule has 3 aliphatic heterocycles. The number of para-hydroxylation sites is 1. The largest absolute Gasteiger partial charge is 0.494 e. The van der Waals surface area contributed by atoms with Crippen molar-refractivity contribution in [3.05, 3.63) is 88.3 Å². The third-order valence-electron chi connectivity index (χ3n) is 10.7. The van der Waals surface area contributed by atoms with Crippen LogP contribution >= 0.6 is 11.6 Å². The van der Waals surface area contributed by atoms with E-state index in [1.165, 1.54) is 22.8 Å². The molecule has 2 amide bonds. The first-order valence-electron chi connectivity index (χ1n) is 19.1. The highest BCUT2D eigenvalue weighted by molar-refractivity contribution is 7.92. The van der Waals surface area contributed by atoms with Crippen molar-refractivity contribution in [2.75, 3.05) is 72.5 Å². The number of rotatable bonds is 15. The Kier molecular flexibility index (Phi) is 12.4. The summed E-state index contributed by atoms with van der Waals surface area (Å²) in [6, 6.07) is 16.9. The number of fused-ring (bicyclic) bond motifs is 1. The number of carbonyl (C=O) groups excluding carboxylic acids is 2. The van der Waals surface area contributed by atoms with Crippen LogP contribution in [0.5, 0.6) is 5.75 Å². The Bertz CT molecular complexity index is 2240. The third kappa shape index (κ3) is 9.58. The van der Waals surface area contributed by atoms with Gasteiger partial charge >= 0.3 is 0 Å². The molecule has 5 N–H and O–H groups in total. The van der Waals surface area contributed by atoms with Crippen molar-refractivity contribution >= 4 is 68.0 Å². The zero-order valence-corrected chi connectivity index (χ0v) is 33.5. The second-order valence-electron chi connectivity index (χ2n) is 14.5. The van der Waals surface area contributed by atoms with Crippen LogP contribution in [0.4, 0.5) is 38.9 Å². The second kappa shape index (κ2) is 17.6. The second-order valence-corrected chi connectivity index (χ2v) is 16.8. The predicted octanol–water partition coefficient (Wildman–Crippen LogP) is 5.00. The Morgan fingerprint density at radius 3 is 2.54 bits per heavy atom. The van der Waals surface area contributed by atoms with E-state index >= 15 is 0 Å². The number of amides is 2. The van der Waals surface area contributed by atoms with Crippen LogP contribution in [0, 0.1) is 5.82 Å². The smallest absolute Gasteiger partial charge is 0.234 e. The van der Waals surface area contributed by atoms with Crippen molar-refractivity contribution in [2.45, 2.75) is 50.5 Å². The van der Waals surface area contributed by atoms with Crippen LogP contribution < -0.4 is 40.5 Å². The number of sulfonamides is 1. The van der Waals surface area contributed by atoms with Gasteiger partial charge in [0.15, 0.2) is 5.82 Å². The number of ether oxygens (including phenoxy) is 1. The molecule has 2 saturated heterocycles. The minimum atomic E-state index is -3.46. The zero-order chi connectivity index (χ0) is 40.1. The molecule has 0 spiro atoms. The van der Waals surface area contributed by atoms with Crippen molar-refractivity contribution in [1.82, 2.24) is 25.9 Å². The van der Waals surface area contributed by atoms with E-state index in [9.17, 15) is 22.4 Å². The Labute approximate surface area is 337 Å². The maximum Gasteiger partial charge on any atom is 0.234 e. The highest BCUT2D eigenvalue weighted by Crippen LogP contribution is 2.40. The average molecular weight is 820 g/mol. The number of hydrogen-bond donors (Lipinski definition) is 5. The van der Waals surface area contributed by atoms with Crippen molar-refractivity contribution in [3.8, 4) is 5.75 Å². The number of nitrogens with one attached hydrogen (secondary N) is 5. The van der Waals surface area contributed by atoms with Crippen LogP contribution in [-0.2, 0) is 32.5 Å². The number of piperidine rings is 2. The number of aromatic nitrogens is 2. The molecular weight excluding hydrogens is 773 g/mol. The van der Waals surface area contributed by atoms with E-state index in [0.717, 1.165) is 50.3 Å². The van der Waals surface area contributed by atoms with Gasteiger partial charge in [0.1, 0.15) is 16.6 Å². The van der Waals surface area contributed by atoms with E-state index in [4.69, 9.17) is 16.3 Å². The van der Waals surface area contributed by atoms with E-state index in [0.29, 0.717) is 78.2 Å². The van der Waals surface area contributed by atoms with Crippen molar-refractivity contribution in [1.29, 1.82) is 0 Å². The molecule has 1 unspecified atom stereocenters. The first kappa shape index (κ1) is 40.2. The fraction of sp³-hybridized carbons (Fsp3) is 0.400. The number of methoxy groups -OCH3 is 1. The molecule has 3 aliphatic rings. The number of halogens is 2. The lowest BCUT2D eigenvalue weighted by molar-refractivity contribution is -0.134. The van der Waals surface area contributed by atoms with Crippen LogP contribution in [-0.4, -0.2) is 88.9 Å². The molecule has 302 valence electrons. The van der Waals surface area contributed by atoms with Crippen LogP contribution in [0.2, 0.25) is 5.02 Å². The van der Waals surface area contributed by atoms with Gasteiger partial charge in [0, 0.05) is 56.9 Å². The van der Waals surface area contributed by atoms with Gasteiger partial charge in [-0.3, -0.25) is 19.2 Å². The number of nitrogens with zero attached hydrogens (tertiary/aromatic N) is 4. The number of carbonyl (C=O) groups is 2. The van der Waals surface area contributed by atoms with E-state index in [2.05, 4.69) is 41.5 Å². The summed E-state index contributed by atoms with van der Waals surface area (Å²) in [5.74, 6) is -0.226. The van der Waals surface area contributed by atoms with Crippen molar-refractivity contribution in [3.63, 3.8) is 0 Å². The molecule has 3 aromatic carbocycles. The molecule has 1 aromatic heterocycles. The summed E-state index contributed by atoms with van der Waals surface area (Å²) in [5, 5.41) is 16.1. The van der Waals surface area contributed by atoms with E-state index in [-0.39, 0.29) is 35.0 Å². The lowest BCUT2D eigenvalue weighted by atomic mass is 9.89. The molecule has 2 fully saturated rings. The minimum Gasteiger partial charge on any atom is -0.494 e. The summed E-state index contributed by atoms with van der Waals surface area (Å²) < 4.78 is 46.9. The van der Waals surface area contributed by atoms with Crippen LogP contribution in [0.25, 0.3) is 0 Å². The van der Waals surface area contributed by atoms with Gasteiger partial charge in [-0.05, 0) is 79.6 Å². The number of hydrogen-bond acceptors (Lipinski definition) is 12. The fourth-order valence-corrected chi connectivity index (χ4v) is 8.75. The van der Waals surface area contributed by atoms with Crippen LogP contribution in [0.3, 0.4) is 0 Å².